The molecule has 0 amide bonds. The number of nitro groups is 1. The summed E-state index contributed by atoms with van der Waals surface area (Å²) in [5, 5.41) is 11.2. The number of methoxy groups -OCH3 is 1. The van der Waals surface area contributed by atoms with Crippen LogP contribution >= 0.6 is 0 Å². The minimum absolute atomic E-state index is 0.0630. The average Bonchev–Trinajstić information content (AvgIpc) is 2.85. The molecule has 0 saturated carbocycles. The molecule has 0 unspecified atom stereocenters. The van der Waals surface area contributed by atoms with Gasteiger partial charge in [0.25, 0.3) is 5.69 Å². The lowest BCUT2D eigenvalue weighted by molar-refractivity contribution is -0.384. The number of nitro benzene ring substituents is 1. The first kappa shape index (κ1) is 19.6. The maximum atomic E-state index is 12.9. The van der Waals surface area contributed by atoms with E-state index in [0.29, 0.717) is 32.7 Å². The van der Waals surface area contributed by atoms with Crippen molar-refractivity contribution in [3.05, 3.63) is 34.4 Å². The molecule has 0 atom stereocenters. The van der Waals surface area contributed by atoms with E-state index in [0.717, 1.165) is 17.4 Å². The summed E-state index contributed by atoms with van der Waals surface area (Å²) < 4.78 is 33.3. The molecular formula is C15H24N4O5S. The van der Waals surface area contributed by atoms with Gasteiger partial charge in [-0.05, 0) is 19.0 Å². The van der Waals surface area contributed by atoms with Crippen molar-refractivity contribution in [2.24, 2.45) is 0 Å². The Hall–Kier alpha value is -1.75. The number of nitrogens with zero attached hydrogens (tertiary/aromatic N) is 4. The fourth-order valence-corrected chi connectivity index (χ4v) is 4.23. The number of hydrogen-bond donors (Lipinski definition) is 0. The third kappa shape index (κ3) is 4.66. The maximum absolute atomic E-state index is 12.9. The lowest BCUT2D eigenvalue weighted by Gasteiger charge is -2.27. The van der Waals surface area contributed by atoms with Crippen LogP contribution in [0.25, 0.3) is 0 Å². The molecule has 0 N–H and O–H groups in total. The summed E-state index contributed by atoms with van der Waals surface area (Å²) in [6, 6.07) is 5.85. The molecule has 1 heterocycles. The fraction of sp³-hybridized carbons (Fsp3) is 0.600. The second-order valence-electron chi connectivity index (χ2n) is 5.81. The van der Waals surface area contributed by atoms with Gasteiger partial charge >= 0.3 is 10.2 Å². The minimum atomic E-state index is -3.83. The van der Waals surface area contributed by atoms with Crippen molar-refractivity contribution >= 4 is 21.6 Å². The van der Waals surface area contributed by atoms with Crippen LogP contribution in [0, 0.1) is 10.1 Å². The second-order valence-corrected chi connectivity index (χ2v) is 7.77. The van der Waals surface area contributed by atoms with Gasteiger partial charge in [-0.2, -0.15) is 12.7 Å². The Morgan fingerprint density at radius 1 is 1.24 bits per heavy atom. The van der Waals surface area contributed by atoms with E-state index in [4.69, 9.17) is 4.74 Å². The monoisotopic (exact) mass is 372 g/mol. The van der Waals surface area contributed by atoms with Crippen molar-refractivity contribution in [3.8, 4) is 0 Å². The van der Waals surface area contributed by atoms with Crippen molar-refractivity contribution in [1.29, 1.82) is 0 Å². The van der Waals surface area contributed by atoms with Crippen molar-refractivity contribution in [1.82, 2.24) is 9.21 Å². The van der Waals surface area contributed by atoms with Crippen LogP contribution in [-0.2, 0) is 14.9 Å². The first-order valence-electron chi connectivity index (χ1n) is 8.06. The molecule has 1 aliphatic rings. The van der Waals surface area contributed by atoms with Crippen molar-refractivity contribution in [2.45, 2.75) is 6.42 Å². The first-order valence-corrected chi connectivity index (χ1v) is 9.46. The summed E-state index contributed by atoms with van der Waals surface area (Å²) in [6.07, 6.45) is 0.702. The van der Waals surface area contributed by atoms with Gasteiger partial charge in [0.1, 0.15) is 5.69 Å². The minimum Gasteiger partial charge on any atom is -0.383 e. The molecule has 1 saturated heterocycles. The van der Waals surface area contributed by atoms with Crippen LogP contribution in [0.2, 0.25) is 0 Å². The summed E-state index contributed by atoms with van der Waals surface area (Å²) in [6.45, 7) is 3.49. The van der Waals surface area contributed by atoms with Crippen LogP contribution in [0.1, 0.15) is 6.42 Å². The molecule has 0 spiro atoms. The first-order chi connectivity index (χ1) is 11.9. The largest absolute Gasteiger partial charge is 0.383 e. The highest BCUT2D eigenvalue weighted by Gasteiger charge is 2.32. The van der Waals surface area contributed by atoms with Crippen molar-refractivity contribution in [2.75, 3.05) is 57.8 Å². The lowest BCUT2D eigenvalue weighted by atomic mass is 10.3. The molecule has 1 aliphatic heterocycles. The van der Waals surface area contributed by atoms with Gasteiger partial charge in [0.05, 0.1) is 11.5 Å². The third-order valence-corrected chi connectivity index (χ3v) is 6.16. The molecule has 0 aromatic heterocycles. The molecular weight excluding hydrogens is 348 g/mol. The zero-order chi connectivity index (χ0) is 18.4. The molecule has 2 rings (SSSR count). The predicted octanol–water partition coefficient (Wildman–Crippen LogP) is 0.930. The Kier molecular flexibility index (Phi) is 6.71. The molecule has 0 bridgehead atoms. The number of ether oxygens (including phenoxy) is 1. The van der Waals surface area contributed by atoms with Gasteiger partial charge in [0.2, 0.25) is 0 Å². The molecule has 0 radical (unpaired) electrons. The number of benzene rings is 1. The third-order valence-electron chi connectivity index (χ3n) is 4.25. The van der Waals surface area contributed by atoms with Crippen molar-refractivity contribution < 1.29 is 18.1 Å². The standard InChI is InChI=1S/C15H24N4O5S/c1-16(14-6-3-4-7-15(14)19(20)21)25(22,23)18-9-5-8-17(10-11-18)12-13-24-2/h3-4,6-7H,5,8-13H2,1-2H3. The molecule has 1 aromatic carbocycles. The van der Waals surface area contributed by atoms with Gasteiger partial charge in [-0.1, -0.05) is 12.1 Å². The summed E-state index contributed by atoms with van der Waals surface area (Å²) >= 11 is 0. The van der Waals surface area contributed by atoms with Gasteiger partial charge in [-0.25, -0.2) is 0 Å². The molecule has 0 aliphatic carbocycles. The van der Waals surface area contributed by atoms with Crippen LogP contribution in [-0.4, -0.2) is 76.0 Å². The number of para-hydroxylation sites is 2. The van der Waals surface area contributed by atoms with E-state index in [1.165, 1.54) is 29.6 Å². The van der Waals surface area contributed by atoms with Gasteiger partial charge in [-0.3, -0.25) is 19.3 Å². The Bertz CT molecular complexity index is 697. The molecule has 25 heavy (non-hydrogen) atoms. The average molecular weight is 372 g/mol. The highest BCUT2D eigenvalue weighted by Crippen LogP contribution is 2.29. The maximum Gasteiger partial charge on any atom is 0.304 e. The quantitative estimate of drug-likeness (QED) is 0.522. The second kappa shape index (κ2) is 8.56. The van der Waals surface area contributed by atoms with E-state index < -0.39 is 15.1 Å². The van der Waals surface area contributed by atoms with E-state index in [9.17, 15) is 18.5 Å². The van der Waals surface area contributed by atoms with E-state index >= 15 is 0 Å². The zero-order valence-electron chi connectivity index (χ0n) is 14.5. The topological polar surface area (TPSA) is 96.2 Å². The molecule has 1 aromatic rings. The Balaban J connectivity index is 2.17. The molecule has 140 valence electrons. The Labute approximate surface area is 148 Å². The summed E-state index contributed by atoms with van der Waals surface area (Å²) in [5.74, 6) is 0. The lowest BCUT2D eigenvalue weighted by Crippen LogP contribution is -2.44. The summed E-state index contributed by atoms with van der Waals surface area (Å²) in [4.78, 5) is 12.8. The Morgan fingerprint density at radius 3 is 2.64 bits per heavy atom. The van der Waals surface area contributed by atoms with Crippen LogP contribution in [0.15, 0.2) is 24.3 Å². The molecule has 9 nitrogen and oxygen atoms in total. The van der Waals surface area contributed by atoms with Gasteiger partial charge in [0.15, 0.2) is 0 Å². The molecule has 10 heteroatoms. The highest BCUT2D eigenvalue weighted by molar-refractivity contribution is 7.90. The fourth-order valence-electron chi connectivity index (χ4n) is 2.80. The summed E-state index contributed by atoms with van der Waals surface area (Å²) in [5.41, 5.74) is -0.168. The van der Waals surface area contributed by atoms with Gasteiger partial charge in [-0.15, -0.1) is 0 Å². The normalized spacial score (nSPS) is 17.2. The van der Waals surface area contributed by atoms with E-state index in [-0.39, 0.29) is 11.4 Å². The number of rotatable bonds is 7. The zero-order valence-corrected chi connectivity index (χ0v) is 15.3. The highest BCUT2D eigenvalue weighted by atomic mass is 32.2. The summed E-state index contributed by atoms with van der Waals surface area (Å²) in [7, 11) is -0.846. The van der Waals surface area contributed by atoms with Crippen LogP contribution in [0.3, 0.4) is 0 Å². The van der Waals surface area contributed by atoms with Crippen LogP contribution in [0.5, 0.6) is 0 Å². The Morgan fingerprint density at radius 2 is 1.96 bits per heavy atom. The predicted molar refractivity (Wildman–Crippen MR) is 94.9 cm³/mol. The van der Waals surface area contributed by atoms with Gasteiger partial charge in [0, 0.05) is 46.4 Å². The van der Waals surface area contributed by atoms with Crippen LogP contribution < -0.4 is 4.31 Å². The number of anilines is 1. The SMILES string of the molecule is COCCN1CCCN(S(=O)(=O)N(C)c2ccccc2[N+](=O)[O-])CC1. The molecule has 1 fully saturated rings. The van der Waals surface area contributed by atoms with Crippen molar-refractivity contribution in [3.63, 3.8) is 0 Å². The van der Waals surface area contributed by atoms with E-state index in [1.54, 1.807) is 13.2 Å². The number of hydrogen-bond acceptors (Lipinski definition) is 6. The van der Waals surface area contributed by atoms with E-state index in [1.807, 2.05) is 0 Å². The van der Waals surface area contributed by atoms with Gasteiger partial charge < -0.3 is 4.74 Å². The van der Waals surface area contributed by atoms with E-state index in [2.05, 4.69) is 4.90 Å². The van der Waals surface area contributed by atoms with Crippen LogP contribution in [0.4, 0.5) is 11.4 Å². The smallest absolute Gasteiger partial charge is 0.304 e.